The highest BCUT2D eigenvalue weighted by molar-refractivity contribution is 6.95. The van der Waals surface area contributed by atoms with Crippen LogP contribution in [0.25, 0.3) is 0 Å². The summed E-state index contributed by atoms with van der Waals surface area (Å²) in [7, 11) is -1.45. The van der Waals surface area contributed by atoms with Gasteiger partial charge in [0, 0.05) is 0 Å². The maximum absolute atomic E-state index is 3.94. The van der Waals surface area contributed by atoms with Gasteiger partial charge in [0.1, 0.15) is 8.07 Å². The topological polar surface area (TPSA) is 0 Å². The Morgan fingerprint density at radius 3 is 2.31 bits per heavy atom. The normalized spacial score (nSPS) is 14.5. The molecule has 1 aromatic carbocycles. The average molecular weight is 188 g/mol. The van der Waals surface area contributed by atoms with Gasteiger partial charge in [-0.3, -0.25) is 0 Å². The van der Waals surface area contributed by atoms with Gasteiger partial charge >= 0.3 is 0 Å². The molecule has 1 atom stereocenters. The lowest BCUT2D eigenvalue weighted by molar-refractivity contribution is 1.58. The summed E-state index contributed by atoms with van der Waals surface area (Å²) < 4.78 is 0. The van der Waals surface area contributed by atoms with E-state index < -0.39 is 8.07 Å². The number of allylic oxidation sites excluding steroid dienone is 1. The minimum absolute atomic E-state index is 1.07. The van der Waals surface area contributed by atoms with Gasteiger partial charge in [0.25, 0.3) is 0 Å². The molecule has 1 heteroatoms. The van der Waals surface area contributed by atoms with Crippen LogP contribution in [0.15, 0.2) is 55.3 Å². The lowest BCUT2D eigenvalue weighted by Gasteiger charge is -2.21. The van der Waals surface area contributed by atoms with Crippen molar-refractivity contribution in [3.8, 4) is 0 Å². The van der Waals surface area contributed by atoms with E-state index in [-0.39, 0.29) is 0 Å². The van der Waals surface area contributed by atoms with Crippen LogP contribution >= 0.6 is 0 Å². The summed E-state index contributed by atoms with van der Waals surface area (Å²) in [6.07, 6.45) is 2.00. The molecule has 13 heavy (non-hydrogen) atoms. The van der Waals surface area contributed by atoms with E-state index in [1.165, 1.54) is 5.19 Å². The lowest BCUT2D eigenvalue weighted by Crippen LogP contribution is -2.41. The quantitative estimate of drug-likeness (QED) is 0.503. The Labute approximate surface area is 81.6 Å². The average Bonchev–Trinajstić information content (AvgIpc) is 2.19. The zero-order chi connectivity index (χ0) is 9.73. The molecule has 1 unspecified atom stereocenters. The van der Waals surface area contributed by atoms with Gasteiger partial charge in [0.2, 0.25) is 0 Å². The molecule has 0 aromatic heterocycles. The molecule has 0 nitrogen and oxygen atoms in total. The Balaban J connectivity index is 3.02. The highest BCUT2D eigenvalue weighted by Gasteiger charge is 2.23. The first-order chi connectivity index (χ1) is 6.23. The smallest absolute Gasteiger partial charge is 0.107 e. The molecule has 0 bridgehead atoms. The van der Waals surface area contributed by atoms with Crippen molar-refractivity contribution in [2.24, 2.45) is 0 Å². The van der Waals surface area contributed by atoms with Crippen molar-refractivity contribution in [3.63, 3.8) is 0 Å². The largest absolute Gasteiger partial charge is 0.110 e. The second-order valence-electron chi connectivity index (χ2n) is 3.48. The summed E-state index contributed by atoms with van der Waals surface area (Å²) in [6.45, 7) is 10.1. The van der Waals surface area contributed by atoms with E-state index >= 15 is 0 Å². The van der Waals surface area contributed by atoms with E-state index in [0.29, 0.717) is 0 Å². The minimum Gasteiger partial charge on any atom is -0.107 e. The van der Waals surface area contributed by atoms with Crippen LogP contribution in [0.1, 0.15) is 0 Å². The van der Waals surface area contributed by atoms with E-state index in [1.54, 1.807) is 0 Å². The first-order valence-corrected chi connectivity index (χ1v) is 7.31. The maximum atomic E-state index is 3.94. The summed E-state index contributed by atoms with van der Waals surface area (Å²) in [4.78, 5) is 0. The van der Waals surface area contributed by atoms with Crippen LogP contribution in [0.3, 0.4) is 0 Å². The van der Waals surface area contributed by atoms with Crippen LogP contribution in [0, 0.1) is 0 Å². The van der Waals surface area contributed by atoms with Gasteiger partial charge in [-0.25, -0.2) is 0 Å². The van der Waals surface area contributed by atoms with Gasteiger partial charge in [-0.1, -0.05) is 53.8 Å². The molecule has 0 saturated carbocycles. The Morgan fingerprint density at radius 2 is 1.85 bits per heavy atom. The molecular weight excluding hydrogens is 172 g/mol. The fourth-order valence-corrected chi connectivity index (χ4v) is 3.63. The zero-order valence-electron chi connectivity index (χ0n) is 8.16. The lowest BCUT2D eigenvalue weighted by atomic mass is 10.4. The fraction of sp³-hybridized carbons (Fsp3) is 0.167. The fourth-order valence-electron chi connectivity index (χ4n) is 1.44. The van der Waals surface area contributed by atoms with Crippen molar-refractivity contribution in [1.82, 2.24) is 0 Å². The van der Waals surface area contributed by atoms with Gasteiger partial charge < -0.3 is 0 Å². The highest BCUT2D eigenvalue weighted by atomic mass is 28.3. The van der Waals surface area contributed by atoms with Crippen molar-refractivity contribution in [2.45, 2.75) is 12.6 Å². The first-order valence-electron chi connectivity index (χ1n) is 4.53. The van der Waals surface area contributed by atoms with Crippen LogP contribution < -0.4 is 5.19 Å². The Hall–Kier alpha value is -1.08. The van der Waals surface area contributed by atoms with Gasteiger partial charge in [0.05, 0.1) is 0 Å². The third kappa shape index (κ3) is 2.19. The summed E-state index contributed by atoms with van der Waals surface area (Å²) >= 11 is 0. The maximum Gasteiger partial charge on any atom is 0.110 e. The van der Waals surface area contributed by atoms with Gasteiger partial charge in [-0.15, -0.1) is 13.2 Å². The van der Waals surface area contributed by atoms with Crippen molar-refractivity contribution < 1.29 is 0 Å². The summed E-state index contributed by atoms with van der Waals surface area (Å²) in [6, 6.07) is 11.7. The molecule has 0 saturated heterocycles. The van der Waals surface area contributed by atoms with E-state index in [4.69, 9.17) is 0 Å². The van der Waals surface area contributed by atoms with Crippen molar-refractivity contribution in [3.05, 3.63) is 55.3 Å². The predicted molar refractivity (Wildman–Crippen MR) is 62.9 cm³/mol. The number of hydrogen-bond donors (Lipinski definition) is 0. The predicted octanol–water partition coefficient (Wildman–Crippen LogP) is 2.88. The SMILES string of the molecule is C=CC[Si](C)(C=C)c1ccccc1. The molecule has 0 fully saturated rings. The second kappa shape index (κ2) is 4.24. The monoisotopic (exact) mass is 188 g/mol. The molecule has 1 aromatic rings. The van der Waals surface area contributed by atoms with Gasteiger partial charge in [-0.2, -0.15) is 0 Å². The van der Waals surface area contributed by atoms with E-state index in [9.17, 15) is 0 Å². The van der Waals surface area contributed by atoms with Crippen LogP contribution in [0.2, 0.25) is 12.6 Å². The van der Waals surface area contributed by atoms with Crippen molar-refractivity contribution in [1.29, 1.82) is 0 Å². The number of hydrogen-bond acceptors (Lipinski definition) is 0. The molecule has 0 aliphatic carbocycles. The highest BCUT2D eigenvalue weighted by Crippen LogP contribution is 2.11. The number of benzene rings is 1. The van der Waals surface area contributed by atoms with E-state index in [0.717, 1.165) is 6.04 Å². The van der Waals surface area contributed by atoms with Gasteiger partial charge in [-0.05, 0) is 6.04 Å². The molecular formula is C12H16Si. The molecule has 0 spiro atoms. The van der Waals surface area contributed by atoms with Crippen LogP contribution in [-0.4, -0.2) is 8.07 Å². The minimum atomic E-state index is -1.45. The summed E-state index contributed by atoms with van der Waals surface area (Å²) in [5.74, 6) is 0. The third-order valence-corrected chi connectivity index (χ3v) is 6.14. The van der Waals surface area contributed by atoms with E-state index in [1.807, 2.05) is 6.08 Å². The van der Waals surface area contributed by atoms with Crippen LogP contribution in [0.4, 0.5) is 0 Å². The van der Waals surface area contributed by atoms with Gasteiger partial charge in [0.15, 0.2) is 0 Å². The third-order valence-electron chi connectivity index (χ3n) is 2.45. The Kier molecular flexibility index (Phi) is 3.26. The molecule has 0 N–H and O–H groups in total. The Morgan fingerprint density at radius 1 is 1.23 bits per heavy atom. The van der Waals surface area contributed by atoms with Crippen LogP contribution in [-0.2, 0) is 0 Å². The standard InChI is InChI=1S/C12H16Si/c1-4-11-13(3,5-2)12-9-7-6-8-10-12/h4-10H,1-2,11H2,3H3. The van der Waals surface area contributed by atoms with Crippen molar-refractivity contribution in [2.75, 3.05) is 0 Å². The first kappa shape index (κ1) is 10.0. The zero-order valence-corrected chi connectivity index (χ0v) is 9.16. The van der Waals surface area contributed by atoms with Crippen LogP contribution in [0.5, 0.6) is 0 Å². The molecule has 0 aliphatic rings. The molecule has 1 rings (SSSR count). The molecule has 68 valence electrons. The molecule has 0 radical (unpaired) electrons. The Bertz CT molecular complexity index is 289. The molecule has 0 heterocycles. The van der Waals surface area contributed by atoms with Crippen molar-refractivity contribution >= 4 is 13.3 Å². The molecule has 0 amide bonds. The second-order valence-corrected chi connectivity index (χ2v) is 7.71. The summed E-state index contributed by atoms with van der Waals surface area (Å²) in [5, 5.41) is 1.44. The molecule has 0 aliphatic heterocycles. The number of rotatable bonds is 4. The van der Waals surface area contributed by atoms with E-state index in [2.05, 4.69) is 55.7 Å². The summed E-state index contributed by atoms with van der Waals surface area (Å²) in [5.41, 5.74) is 2.13.